The Morgan fingerprint density at radius 3 is 2.50 bits per heavy atom. The van der Waals surface area contributed by atoms with Crippen LogP contribution in [0.4, 0.5) is 0 Å². The molecule has 0 aromatic rings. The highest BCUT2D eigenvalue weighted by Crippen LogP contribution is 2.35. The van der Waals surface area contributed by atoms with Gasteiger partial charge in [-0.3, -0.25) is 14.5 Å². The predicted octanol–water partition coefficient (Wildman–Crippen LogP) is 3.01. The van der Waals surface area contributed by atoms with Gasteiger partial charge in [0.25, 0.3) is 0 Å². The number of hydrogen-bond acceptors (Lipinski definition) is 2. The van der Waals surface area contributed by atoms with Crippen LogP contribution in [0.1, 0.15) is 47.0 Å². The fourth-order valence-electron chi connectivity index (χ4n) is 2.38. The third-order valence-corrected chi connectivity index (χ3v) is 4.05. The van der Waals surface area contributed by atoms with Crippen molar-refractivity contribution < 1.29 is 9.59 Å². The summed E-state index contributed by atoms with van der Waals surface area (Å²) in [6.07, 6.45) is 3.73. The number of carbonyl (C=O) groups excluding carboxylic acids is 2. The lowest BCUT2D eigenvalue weighted by Crippen LogP contribution is -2.42. The highest BCUT2D eigenvalue weighted by Gasteiger charge is 2.37. The minimum absolute atomic E-state index is 0.0141. The molecule has 0 radical (unpaired) electrons. The SMILES string of the molecule is C=CC[C@H](C(=O)N1CCCC1=O)[C@H](C)C(C)(C)C. The van der Waals surface area contributed by atoms with Gasteiger partial charge in [-0.2, -0.15) is 0 Å². The summed E-state index contributed by atoms with van der Waals surface area (Å²) in [4.78, 5) is 25.6. The van der Waals surface area contributed by atoms with Gasteiger partial charge in [0.15, 0.2) is 0 Å². The second kappa shape index (κ2) is 5.68. The molecule has 0 aromatic carbocycles. The number of nitrogens with zero attached hydrogens (tertiary/aromatic N) is 1. The van der Waals surface area contributed by atoms with Gasteiger partial charge < -0.3 is 0 Å². The van der Waals surface area contributed by atoms with Gasteiger partial charge in [-0.05, 0) is 24.2 Å². The molecule has 102 valence electrons. The fraction of sp³-hybridized carbons (Fsp3) is 0.733. The van der Waals surface area contributed by atoms with Crippen LogP contribution in [0.25, 0.3) is 0 Å². The lowest BCUT2D eigenvalue weighted by molar-refractivity contribution is -0.146. The molecule has 2 amide bonds. The summed E-state index contributed by atoms with van der Waals surface area (Å²) < 4.78 is 0. The van der Waals surface area contributed by atoms with E-state index in [9.17, 15) is 9.59 Å². The smallest absolute Gasteiger partial charge is 0.232 e. The Morgan fingerprint density at radius 1 is 1.50 bits per heavy atom. The maximum Gasteiger partial charge on any atom is 0.232 e. The number of amides is 2. The lowest BCUT2D eigenvalue weighted by Gasteiger charge is -2.34. The van der Waals surface area contributed by atoms with Crippen molar-refractivity contribution in [3.63, 3.8) is 0 Å². The van der Waals surface area contributed by atoms with Gasteiger partial charge in [-0.25, -0.2) is 0 Å². The van der Waals surface area contributed by atoms with Crippen LogP contribution >= 0.6 is 0 Å². The van der Waals surface area contributed by atoms with Crippen molar-refractivity contribution >= 4 is 11.8 Å². The van der Waals surface area contributed by atoms with Crippen LogP contribution in [0, 0.1) is 17.3 Å². The average Bonchev–Trinajstić information content (AvgIpc) is 2.69. The topological polar surface area (TPSA) is 37.4 Å². The molecule has 0 unspecified atom stereocenters. The van der Waals surface area contributed by atoms with Crippen LogP contribution in [0.3, 0.4) is 0 Å². The fourth-order valence-corrected chi connectivity index (χ4v) is 2.38. The van der Waals surface area contributed by atoms with Crippen molar-refractivity contribution in [3.05, 3.63) is 12.7 Å². The van der Waals surface area contributed by atoms with E-state index in [-0.39, 0.29) is 29.1 Å². The van der Waals surface area contributed by atoms with Gasteiger partial charge in [-0.15, -0.1) is 6.58 Å². The molecule has 1 saturated heterocycles. The number of allylic oxidation sites excluding steroid dienone is 1. The van der Waals surface area contributed by atoms with E-state index in [4.69, 9.17) is 0 Å². The Morgan fingerprint density at radius 2 is 2.11 bits per heavy atom. The zero-order valence-corrected chi connectivity index (χ0v) is 12.0. The first-order chi connectivity index (χ1) is 8.29. The molecule has 0 aromatic heterocycles. The molecule has 0 saturated carbocycles. The molecule has 1 rings (SSSR count). The number of hydrogen-bond donors (Lipinski definition) is 0. The second-order valence-corrected chi connectivity index (χ2v) is 6.27. The highest BCUT2D eigenvalue weighted by molar-refractivity contribution is 5.97. The Bertz CT molecular complexity index is 341. The van der Waals surface area contributed by atoms with Crippen molar-refractivity contribution in [1.29, 1.82) is 0 Å². The van der Waals surface area contributed by atoms with Crippen LogP contribution in [-0.2, 0) is 9.59 Å². The molecule has 0 N–H and O–H groups in total. The largest absolute Gasteiger partial charge is 0.282 e. The normalized spacial score (nSPS) is 19.8. The third-order valence-electron chi connectivity index (χ3n) is 4.05. The van der Waals surface area contributed by atoms with Crippen LogP contribution < -0.4 is 0 Å². The van der Waals surface area contributed by atoms with Gasteiger partial charge >= 0.3 is 0 Å². The number of carbonyl (C=O) groups is 2. The van der Waals surface area contributed by atoms with E-state index in [1.165, 1.54) is 4.90 Å². The Kier molecular flexibility index (Phi) is 4.71. The van der Waals surface area contributed by atoms with Crippen LogP contribution in [-0.4, -0.2) is 23.3 Å². The van der Waals surface area contributed by atoms with Gasteiger partial charge in [-0.1, -0.05) is 33.8 Å². The minimum atomic E-state index is -0.135. The van der Waals surface area contributed by atoms with E-state index in [0.29, 0.717) is 19.4 Å². The molecule has 18 heavy (non-hydrogen) atoms. The third kappa shape index (κ3) is 3.21. The predicted molar refractivity (Wildman–Crippen MR) is 72.9 cm³/mol. The van der Waals surface area contributed by atoms with Gasteiger partial charge in [0.1, 0.15) is 0 Å². The van der Waals surface area contributed by atoms with Crippen LogP contribution in [0.2, 0.25) is 0 Å². The van der Waals surface area contributed by atoms with Crippen LogP contribution in [0.5, 0.6) is 0 Å². The summed E-state index contributed by atoms with van der Waals surface area (Å²) in [5.74, 6) is 0.0518. The van der Waals surface area contributed by atoms with E-state index in [0.717, 1.165) is 6.42 Å². The molecule has 1 aliphatic heterocycles. The molecule has 2 atom stereocenters. The van der Waals surface area contributed by atoms with Crippen molar-refractivity contribution in [2.75, 3.05) is 6.54 Å². The summed E-state index contributed by atoms with van der Waals surface area (Å²) >= 11 is 0. The average molecular weight is 251 g/mol. The molecule has 0 bridgehead atoms. The summed E-state index contributed by atoms with van der Waals surface area (Å²) in [6, 6.07) is 0. The van der Waals surface area contributed by atoms with Gasteiger partial charge in [0.05, 0.1) is 0 Å². The first-order valence-electron chi connectivity index (χ1n) is 6.74. The summed E-state index contributed by atoms with van der Waals surface area (Å²) in [7, 11) is 0. The van der Waals surface area contributed by atoms with E-state index in [1.807, 2.05) is 0 Å². The molecular formula is C15H25NO2. The highest BCUT2D eigenvalue weighted by atomic mass is 16.2. The molecule has 3 heteroatoms. The maximum atomic E-state index is 12.5. The Balaban J connectivity index is 2.87. The maximum absolute atomic E-state index is 12.5. The second-order valence-electron chi connectivity index (χ2n) is 6.27. The number of imide groups is 1. The zero-order valence-electron chi connectivity index (χ0n) is 12.0. The summed E-state index contributed by atoms with van der Waals surface area (Å²) in [6.45, 7) is 12.8. The molecule has 1 aliphatic rings. The summed E-state index contributed by atoms with van der Waals surface area (Å²) in [5, 5.41) is 0. The first kappa shape index (κ1) is 14.9. The molecule has 0 aliphatic carbocycles. The van der Waals surface area contributed by atoms with Crippen molar-refractivity contribution in [1.82, 2.24) is 4.90 Å². The quantitative estimate of drug-likeness (QED) is 0.720. The number of likely N-dealkylation sites (tertiary alicyclic amines) is 1. The minimum Gasteiger partial charge on any atom is -0.282 e. The van der Waals surface area contributed by atoms with Crippen molar-refractivity contribution in [3.8, 4) is 0 Å². The molecule has 1 fully saturated rings. The van der Waals surface area contributed by atoms with E-state index < -0.39 is 0 Å². The monoisotopic (exact) mass is 251 g/mol. The van der Waals surface area contributed by atoms with Crippen molar-refractivity contribution in [2.45, 2.75) is 47.0 Å². The standard InChI is InChI=1S/C15H25NO2/c1-6-8-12(11(2)15(3,4)5)14(18)16-10-7-9-13(16)17/h6,11-12H,1,7-10H2,2-5H3/t11-,12-/m0/s1. The number of rotatable bonds is 4. The van der Waals surface area contributed by atoms with Gasteiger partial charge in [0, 0.05) is 18.9 Å². The molecular weight excluding hydrogens is 226 g/mol. The molecule has 3 nitrogen and oxygen atoms in total. The Labute approximate surface area is 110 Å². The first-order valence-corrected chi connectivity index (χ1v) is 6.74. The van der Waals surface area contributed by atoms with E-state index in [2.05, 4.69) is 34.3 Å². The zero-order chi connectivity index (χ0) is 13.9. The molecule has 1 heterocycles. The van der Waals surface area contributed by atoms with Crippen LogP contribution in [0.15, 0.2) is 12.7 Å². The lowest BCUT2D eigenvalue weighted by atomic mass is 9.72. The van der Waals surface area contributed by atoms with Gasteiger partial charge in [0.2, 0.25) is 11.8 Å². The molecule has 0 spiro atoms. The Hall–Kier alpha value is -1.12. The van der Waals surface area contributed by atoms with E-state index in [1.54, 1.807) is 6.08 Å². The summed E-state index contributed by atoms with van der Waals surface area (Å²) in [5.41, 5.74) is 0.0477. The van der Waals surface area contributed by atoms with E-state index >= 15 is 0 Å². The van der Waals surface area contributed by atoms with Crippen molar-refractivity contribution in [2.24, 2.45) is 17.3 Å².